The van der Waals surface area contributed by atoms with Crippen molar-refractivity contribution in [1.29, 1.82) is 0 Å². The molecular weight excluding hydrogens is 368 g/mol. The van der Waals surface area contributed by atoms with Crippen LogP contribution in [-0.4, -0.2) is 34.7 Å². The molecule has 2 aromatic rings. The Morgan fingerprint density at radius 1 is 1.21 bits per heavy atom. The third kappa shape index (κ3) is 4.90. The van der Waals surface area contributed by atoms with Crippen LogP contribution in [0.3, 0.4) is 0 Å². The van der Waals surface area contributed by atoms with Crippen molar-refractivity contribution in [2.45, 2.75) is 31.5 Å². The molecule has 2 aromatic carbocycles. The predicted molar refractivity (Wildman–Crippen MR) is 99.4 cm³/mol. The second-order valence-corrected chi connectivity index (χ2v) is 7.13. The van der Waals surface area contributed by atoms with E-state index in [9.17, 15) is 9.90 Å². The van der Waals surface area contributed by atoms with Crippen LogP contribution in [0.5, 0.6) is 0 Å². The highest BCUT2D eigenvalue weighted by molar-refractivity contribution is 9.10. The van der Waals surface area contributed by atoms with Gasteiger partial charge in [-0.3, -0.25) is 4.79 Å². The standard InChI is InChI=1S/C19H23BrN2O2/c1-19(24,13-14-7-4-3-5-8-14)22(2)18(23)17(21)12-15-9-6-10-16(20)11-15/h3-11,17,24H,12-13,21H2,1-2H3/t17?,19-/m1/s1. The lowest BCUT2D eigenvalue weighted by molar-refractivity contribution is -0.153. The molecule has 0 radical (unpaired) electrons. The average Bonchev–Trinajstić information content (AvgIpc) is 2.54. The van der Waals surface area contributed by atoms with Gasteiger partial charge in [0.2, 0.25) is 5.91 Å². The topological polar surface area (TPSA) is 66.6 Å². The molecule has 0 aliphatic heterocycles. The second-order valence-electron chi connectivity index (χ2n) is 6.22. The number of carbonyl (C=O) groups excluding carboxylic acids is 1. The summed E-state index contributed by atoms with van der Waals surface area (Å²) in [4.78, 5) is 13.9. The number of amides is 1. The van der Waals surface area contributed by atoms with Crippen molar-refractivity contribution < 1.29 is 9.90 Å². The Morgan fingerprint density at radius 2 is 1.83 bits per heavy atom. The zero-order valence-corrected chi connectivity index (χ0v) is 15.5. The van der Waals surface area contributed by atoms with Gasteiger partial charge in [-0.25, -0.2) is 0 Å². The number of benzene rings is 2. The number of halogens is 1. The summed E-state index contributed by atoms with van der Waals surface area (Å²) < 4.78 is 0.948. The van der Waals surface area contributed by atoms with Gasteiger partial charge in [-0.2, -0.15) is 0 Å². The highest BCUT2D eigenvalue weighted by atomic mass is 79.9. The average molecular weight is 391 g/mol. The number of carbonyl (C=O) groups is 1. The summed E-state index contributed by atoms with van der Waals surface area (Å²) in [7, 11) is 1.59. The Labute approximate surface area is 151 Å². The van der Waals surface area contributed by atoms with Crippen LogP contribution in [0.1, 0.15) is 18.1 Å². The maximum Gasteiger partial charge on any atom is 0.241 e. The van der Waals surface area contributed by atoms with Gasteiger partial charge in [-0.05, 0) is 36.6 Å². The monoisotopic (exact) mass is 390 g/mol. The summed E-state index contributed by atoms with van der Waals surface area (Å²) >= 11 is 3.41. The summed E-state index contributed by atoms with van der Waals surface area (Å²) in [6.45, 7) is 1.63. The van der Waals surface area contributed by atoms with Gasteiger partial charge in [-0.15, -0.1) is 0 Å². The molecule has 5 heteroatoms. The maximum atomic E-state index is 12.6. The van der Waals surface area contributed by atoms with Crippen LogP contribution in [0.15, 0.2) is 59.1 Å². The van der Waals surface area contributed by atoms with Gasteiger partial charge in [0.1, 0.15) is 5.72 Å². The van der Waals surface area contributed by atoms with E-state index in [1.54, 1.807) is 14.0 Å². The van der Waals surface area contributed by atoms with E-state index in [0.717, 1.165) is 15.6 Å². The van der Waals surface area contributed by atoms with Crippen molar-refractivity contribution in [3.8, 4) is 0 Å². The Balaban J connectivity index is 2.04. The molecular formula is C19H23BrN2O2. The molecule has 0 aliphatic rings. The maximum absolute atomic E-state index is 12.6. The first-order valence-electron chi connectivity index (χ1n) is 7.83. The van der Waals surface area contributed by atoms with Gasteiger partial charge in [0.25, 0.3) is 0 Å². The highest BCUT2D eigenvalue weighted by Crippen LogP contribution is 2.19. The normalized spacial score (nSPS) is 14.7. The molecule has 0 aromatic heterocycles. The number of likely N-dealkylation sites (N-methyl/N-ethyl adjacent to an activating group) is 1. The minimum Gasteiger partial charge on any atom is -0.371 e. The number of hydrogen-bond acceptors (Lipinski definition) is 3. The van der Waals surface area contributed by atoms with Crippen molar-refractivity contribution >= 4 is 21.8 Å². The fraction of sp³-hybridized carbons (Fsp3) is 0.316. The van der Waals surface area contributed by atoms with E-state index < -0.39 is 11.8 Å². The first kappa shape index (κ1) is 18.6. The third-order valence-electron chi connectivity index (χ3n) is 4.10. The first-order valence-corrected chi connectivity index (χ1v) is 8.63. The molecule has 1 amide bonds. The molecule has 0 aliphatic carbocycles. The molecule has 128 valence electrons. The van der Waals surface area contributed by atoms with Crippen LogP contribution in [0.2, 0.25) is 0 Å². The fourth-order valence-electron chi connectivity index (χ4n) is 2.59. The molecule has 0 saturated carbocycles. The zero-order valence-electron chi connectivity index (χ0n) is 13.9. The molecule has 2 rings (SSSR count). The highest BCUT2D eigenvalue weighted by Gasteiger charge is 2.32. The van der Waals surface area contributed by atoms with Crippen molar-refractivity contribution in [2.24, 2.45) is 5.73 Å². The SMILES string of the molecule is CN(C(=O)C(N)Cc1cccc(Br)c1)[C@](C)(O)Cc1ccccc1. The lowest BCUT2D eigenvalue weighted by Crippen LogP contribution is -2.54. The number of hydrogen-bond donors (Lipinski definition) is 2. The summed E-state index contributed by atoms with van der Waals surface area (Å²) in [6, 6.07) is 16.6. The van der Waals surface area contributed by atoms with Crippen LogP contribution in [0, 0.1) is 0 Å². The molecule has 0 fully saturated rings. The van der Waals surface area contributed by atoms with E-state index in [2.05, 4.69) is 15.9 Å². The van der Waals surface area contributed by atoms with Gasteiger partial charge in [0, 0.05) is 17.9 Å². The third-order valence-corrected chi connectivity index (χ3v) is 4.59. The molecule has 24 heavy (non-hydrogen) atoms. The van der Waals surface area contributed by atoms with E-state index in [4.69, 9.17) is 5.73 Å². The van der Waals surface area contributed by atoms with Crippen molar-refractivity contribution in [2.75, 3.05) is 7.05 Å². The number of nitrogens with zero attached hydrogens (tertiary/aromatic N) is 1. The number of rotatable bonds is 6. The Kier molecular flexibility index (Phi) is 6.15. The molecule has 0 heterocycles. The quantitative estimate of drug-likeness (QED) is 0.745. The van der Waals surface area contributed by atoms with Crippen LogP contribution in [0.25, 0.3) is 0 Å². The molecule has 1 unspecified atom stereocenters. The predicted octanol–water partition coefficient (Wildman–Crippen LogP) is 2.73. The second kappa shape index (κ2) is 7.92. The number of nitrogens with two attached hydrogens (primary N) is 1. The van der Waals surface area contributed by atoms with Gasteiger partial charge >= 0.3 is 0 Å². The largest absolute Gasteiger partial charge is 0.371 e. The van der Waals surface area contributed by atoms with Crippen molar-refractivity contribution in [3.05, 3.63) is 70.2 Å². The summed E-state index contributed by atoms with van der Waals surface area (Å²) in [5.41, 5.74) is 6.71. The lowest BCUT2D eigenvalue weighted by atomic mass is 10.0. The lowest BCUT2D eigenvalue weighted by Gasteiger charge is -2.35. The number of aliphatic hydroxyl groups is 1. The van der Waals surface area contributed by atoms with Crippen LogP contribution < -0.4 is 5.73 Å². The van der Waals surface area contributed by atoms with Crippen LogP contribution >= 0.6 is 15.9 Å². The van der Waals surface area contributed by atoms with Crippen LogP contribution in [-0.2, 0) is 17.6 Å². The smallest absolute Gasteiger partial charge is 0.241 e. The van der Waals surface area contributed by atoms with E-state index in [-0.39, 0.29) is 5.91 Å². The van der Waals surface area contributed by atoms with E-state index in [1.807, 2.05) is 54.6 Å². The summed E-state index contributed by atoms with van der Waals surface area (Å²) in [6.07, 6.45) is 0.768. The molecule has 2 atom stereocenters. The zero-order chi connectivity index (χ0) is 17.7. The van der Waals surface area contributed by atoms with E-state index in [1.165, 1.54) is 4.90 Å². The molecule has 0 spiro atoms. The minimum absolute atomic E-state index is 0.282. The van der Waals surface area contributed by atoms with Crippen molar-refractivity contribution in [1.82, 2.24) is 4.90 Å². The van der Waals surface area contributed by atoms with Crippen LogP contribution in [0.4, 0.5) is 0 Å². The summed E-state index contributed by atoms with van der Waals surface area (Å²) in [5, 5.41) is 10.7. The molecule has 4 nitrogen and oxygen atoms in total. The first-order chi connectivity index (χ1) is 11.3. The van der Waals surface area contributed by atoms with Gasteiger partial charge in [0.05, 0.1) is 6.04 Å². The molecule has 0 bridgehead atoms. The molecule has 0 saturated heterocycles. The van der Waals surface area contributed by atoms with Gasteiger partial charge < -0.3 is 15.7 Å². The van der Waals surface area contributed by atoms with Gasteiger partial charge in [0.15, 0.2) is 0 Å². The Morgan fingerprint density at radius 3 is 2.46 bits per heavy atom. The minimum atomic E-state index is -1.30. The van der Waals surface area contributed by atoms with E-state index in [0.29, 0.717) is 12.8 Å². The summed E-state index contributed by atoms with van der Waals surface area (Å²) in [5.74, 6) is -0.282. The fourth-order valence-corrected chi connectivity index (χ4v) is 3.04. The van der Waals surface area contributed by atoms with Gasteiger partial charge in [-0.1, -0.05) is 58.4 Å². The van der Waals surface area contributed by atoms with E-state index >= 15 is 0 Å². The van der Waals surface area contributed by atoms with Crippen molar-refractivity contribution in [3.63, 3.8) is 0 Å². The molecule has 3 N–H and O–H groups in total. The Bertz CT molecular complexity index is 689. The Hall–Kier alpha value is -1.69.